The Labute approximate surface area is 127 Å². The monoisotopic (exact) mass is 284 g/mol. The Morgan fingerprint density at radius 3 is 2.14 bits per heavy atom. The summed E-state index contributed by atoms with van der Waals surface area (Å²) in [6.45, 7) is 6.73. The van der Waals surface area contributed by atoms with Crippen LogP contribution in [0.1, 0.15) is 22.3 Å². The molecule has 2 rings (SSSR count). The minimum atomic E-state index is 0.393. The predicted octanol–water partition coefficient (Wildman–Crippen LogP) is 4.00. The second-order valence-corrected chi connectivity index (χ2v) is 5.83. The first kappa shape index (κ1) is 15.2. The number of rotatable bonds is 4. The molecular formula is C18H24N2O. The summed E-state index contributed by atoms with van der Waals surface area (Å²) in [5, 5.41) is 13.3. The third-order valence-electron chi connectivity index (χ3n) is 3.74. The van der Waals surface area contributed by atoms with Crippen LogP contribution in [0.5, 0.6) is 5.75 Å². The zero-order chi connectivity index (χ0) is 15.6. The highest BCUT2D eigenvalue weighted by Crippen LogP contribution is 2.25. The van der Waals surface area contributed by atoms with Crippen molar-refractivity contribution in [1.82, 2.24) is 0 Å². The van der Waals surface area contributed by atoms with Gasteiger partial charge in [-0.3, -0.25) is 0 Å². The first-order valence-electron chi connectivity index (χ1n) is 7.19. The molecule has 2 aromatic rings. The van der Waals surface area contributed by atoms with Crippen LogP contribution in [-0.4, -0.2) is 19.2 Å². The molecule has 0 atom stereocenters. The first-order valence-corrected chi connectivity index (χ1v) is 7.19. The predicted molar refractivity (Wildman–Crippen MR) is 90.4 cm³/mol. The Kier molecular flexibility index (Phi) is 4.41. The molecule has 0 amide bonds. The molecule has 0 aromatic heterocycles. The molecule has 0 radical (unpaired) electrons. The van der Waals surface area contributed by atoms with Gasteiger partial charge >= 0.3 is 0 Å². The number of benzene rings is 2. The molecule has 3 heteroatoms. The number of phenols is 1. The van der Waals surface area contributed by atoms with Gasteiger partial charge in [0.15, 0.2) is 0 Å². The van der Waals surface area contributed by atoms with Crippen LogP contribution >= 0.6 is 0 Å². The number of aromatic hydroxyl groups is 1. The van der Waals surface area contributed by atoms with Crippen LogP contribution in [0.4, 0.5) is 11.4 Å². The summed E-state index contributed by atoms with van der Waals surface area (Å²) in [5.74, 6) is 0.393. The summed E-state index contributed by atoms with van der Waals surface area (Å²) in [4.78, 5) is 2.12. The van der Waals surface area contributed by atoms with E-state index in [0.717, 1.165) is 23.4 Å². The maximum Gasteiger partial charge on any atom is 0.121 e. The SMILES string of the molecule is Cc1ccc(NCc2cc(C)c(O)c(C)c2)cc1N(C)C. The van der Waals surface area contributed by atoms with Crippen molar-refractivity contribution in [3.05, 3.63) is 52.6 Å². The lowest BCUT2D eigenvalue weighted by Crippen LogP contribution is -2.11. The Morgan fingerprint density at radius 1 is 0.952 bits per heavy atom. The van der Waals surface area contributed by atoms with Gasteiger partial charge in [-0.1, -0.05) is 18.2 Å². The maximum absolute atomic E-state index is 9.82. The highest BCUT2D eigenvalue weighted by molar-refractivity contribution is 5.62. The summed E-state index contributed by atoms with van der Waals surface area (Å²) < 4.78 is 0. The minimum Gasteiger partial charge on any atom is -0.507 e. The molecule has 0 spiro atoms. The average molecular weight is 284 g/mol. The van der Waals surface area contributed by atoms with Gasteiger partial charge in [-0.25, -0.2) is 0 Å². The van der Waals surface area contributed by atoms with E-state index < -0.39 is 0 Å². The Balaban J connectivity index is 2.15. The van der Waals surface area contributed by atoms with E-state index in [4.69, 9.17) is 0 Å². The normalized spacial score (nSPS) is 10.5. The average Bonchev–Trinajstić information content (AvgIpc) is 2.43. The molecule has 0 bridgehead atoms. The Morgan fingerprint density at radius 2 is 1.57 bits per heavy atom. The quantitative estimate of drug-likeness (QED) is 0.891. The van der Waals surface area contributed by atoms with Crippen LogP contribution in [0.25, 0.3) is 0 Å². The lowest BCUT2D eigenvalue weighted by molar-refractivity contribution is 0.466. The van der Waals surface area contributed by atoms with Crippen molar-refractivity contribution in [2.24, 2.45) is 0 Å². The summed E-state index contributed by atoms with van der Waals surface area (Å²) in [6.07, 6.45) is 0. The van der Waals surface area contributed by atoms with E-state index in [9.17, 15) is 5.11 Å². The summed E-state index contributed by atoms with van der Waals surface area (Å²) >= 11 is 0. The second-order valence-electron chi connectivity index (χ2n) is 5.83. The molecule has 2 N–H and O–H groups in total. The van der Waals surface area contributed by atoms with Crippen LogP contribution in [-0.2, 0) is 6.54 Å². The zero-order valence-corrected chi connectivity index (χ0v) is 13.5. The van der Waals surface area contributed by atoms with Crippen molar-refractivity contribution in [2.75, 3.05) is 24.3 Å². The van der Waals surface area contributed by atoms with Gasteiger partial charge in [-0.15, -0.1) is 0 Å². The van der Waals surface area contributed by atoms with E-state index in [2.05, 4.69) is 49.4 Å². The largest absolute Gasteiger partial charge is 0.507 e. The third-order valence-corrected chi connectivity index (χ3v) is 3.74. The fraction of sp³-hybridized carbons (Fsp3) is 0.333. The van der Waals surface area contributed by atoms with E-state index in [1.165, 1.54) is 16.8 Å². The maximum atomic E-state index is 9.82. The van der Waals surface area contributed by atoms with Gasteiger partial charge in [0.05, 0.1) is 0 Å². The summed E-state index contributed by atoms with van der Waals surface area (Å²) in [6, 6.07) is 10.4. The lowest BCUT2D eigenvalue weighted by Gasteiger charge is -2.17. The molecule has 0 saturated carbocycles. The number of hydrogen-bond acceptors (Lipinski definition) is 3. The van der Waals surface area contributed by atoms with Gasteiger partial charge < -0.3 is 15.3 Å². The van der Waals surface area contributed by atoms with Crippen molar-refractivity contribution in [2.45, 2.75) is 27.3 Å². The molecule has 0 saturated heterocycles. The van der Waals surface area contributed by atoms with E-state index in [-0.39, 0.29) is 0 Å². The van der Waals surface area contributed by atoms with Crippen molar-refractivity contribution in [3.8, 4) is 5.75 Å². The summed E-state index contributed by atoms with van der Waals surface area (Å²) in [5.41, 5.74) is 6.61. The van der Waals surface area contributed by atoms with Crippen LogP contribution in [0.2, 0.25) is 0 Å². The molecular weight excluding hydrogens is 260 g/mol. The van der Waals surface area contributed by atoms with Gasteiger partial charge in [0.25, 0.3) is 0 Å². The number of nitrogens with zero attached hydrogens (tertiary/aromatic N) is 1. The first-order chi connectivity index (χ1) is 9.88. The van der Waals surface area contributed by atoms with Crippen LogP contribution in [0, 0.1) is 20.8 Å². The molecule has 0 aliphatic rings. The molecule has 0 heterocycles. The van der Waals surface area contributed by atoms with Crippen molar-refractivity contribution in [3.63, 3.8) is 0 Å². The minimum absolute atomic E-state index is 0.393. The molecule has 0 aliphatic heterocycles. The fourth-order valence-corrected chi connectivity index (χ4v) is 2.55. The van der Waals surface area contributed by atoms with Gasteiger partial charge in [0, 0.05) is 32.0 Å². The Bertz CT molecular complexity index is 625. The highest BCUT2D eigenvalue weighted by atomic mass is 16.3. The van der Waals surface area contributed by atoms with E-state index in [0.29, 0.717) is 5.75 Å². The standard InChI is InChI=1S/C18H24N2O/c1-12-6-7-16(10-17(12)20(4)5)19-11-15-8-13(2)18(21)14(3)9-15/h6-10,19,21H,11H2,1-5H3. The zero-order valence-electron chi connectivity index (χ0n) is 13.5. The van der Waals surface area contributed by atoms with Gasteiger partial charge in [0.2, 0.25) is 0 Å². The Hall–Kier alpha value is -2.16. The molecule has 3 nitrogen and oxygen atoms in total. The second kappa shape index (κ2) is 6.08. The highest BCUT2D eigenvalue weighted by Gasteiger charge is 2.05. The molecule has 0 fully saturated rings. The molecule has 0 aliphatic carbocycles. The number of aryl methyl sites for hydroxylation is 3. The van der Waals surface area contributed by atoms with Gasteiger partial charge in [0.1, 0.15) is 5.75 Å². The topological polar surface area (TPSA) is 35.5 Å². The van der Waals surface area contributed by atoms with Gasteiger partial charge in [-0.05, 0) is 55.2 Å². The van der Waals surface area contributed by atoms with E-state index in [1.807, 2.05) is 26.0 Å². The number of anilines is 2. The number of nitrogens with one attached hydrogen (secondary N) is 1. The van der Waals surface area contributed by atoms with Crippen LogP contribution < -0.4 is 10.2 Å². The number of phenolic OH excluding ortho intramolecular Hbond substituents is 1. The van der Waals surface area contributed by atoms with E-state index in [1.54, 1.807) is 0 Å². The van der Waals surface area contributed by atoms with Crippen molar-refractivity contribution in [1.29, 1.82) is 0 Å². The smallest absolute Gasteiger partial charge is 0.121 e. The van der Waals surface area contributed by atoms with Crippen LogP contribution in [0.15, 0.2) is 30.3 Å². The van der Waals surface area contributed by atoms with Crippen LogP contribution in [0.3, 0.4) is 0 Å². The summed E-state index contributed by atoms with van der Waals surface area (Å²) in [7, 11) is 4.11. The molecule has 21 heavy (non-hydrogen) atoms. The van der Waals surface area contributed by atoms with Crippen molar-refractivity contribution >= 4 is 11.4 Å². The third kappa shape index (κ3) is 3.48. The lowest BCUT2D eigenvalue weighted by atomic mass is 10.1. The fourth-order valence-electron chi connectivity index (χ4n) is 2.55. The van der Waals surface area contributed by atoms with Crippen molar-refractivity contribution < 1.29 is 5.11 Å². The molecule has 112 valence electrons. The van der Waals surface area contributed by atoms with E-state index >= 15 is 0 Å². The number of hydrogen-bond donors (Lipinski definition) is 2. The molecule has 0 unspecified atom stereocenters. The molecule has 2 aromatic carbocycles. The van der Waals surface area contributed by atoms with Gasteiger partial charge in [-0.2, -0.15) is 0 Å².